The van der Waals surface area contributed by atoms with Gasteiger partial charge in [0.25, 0.3) is 0 Å². The predicted molar refractivity (Wildman–Crippen MR) is 176 cm³/mol. The Morgan fingerprint density at radius 3 is 2.52 bits per heavy atom. The third-order valence-corrected chi connectivity index (χ3v) is 8.68. The minimum Gasteiger partial charge on any atom is -0.478 e. The average molecular weight is 604 g/mol. The van der Waals surface area contributed by atoms with Crippen molar-refractivity contribution in [1.29, 1.82) is 0 Å². The summed E-state index contributed by atoms with van der Waals surface area (Å²) in [5, 5.41) is 18.8. The van der Waals surface area contributed by atoms with Gasteiger partial charge in [-0.1, -0.05) is 48.5 Å². The molecular weight excluding hydrogens is 570 g/mol. The molecular formula is C35H33N5O3S. The van der Waals surface area contributed by atoms with Gasteiger partial charge in [0, 0.05) is 47.3 Å². The Morgan fingerprint density at radius 1 is 0.977 bits per heavy atom. The molecule has 0 saturated carbocycles. The Bertz CT molecular complexity index is 1900. The van der Waals surface area contributed by atoms with E-state index in [-0.39, 0.29) is 30.0 Å². The topological polar surface area (TPSA) is 99.5 Å². The zero-order valence-corrected chi connectivity index (χ0v) is 25.6. The monoisotopic (exact) mass is 603 g/mol. The highest BCUT2D eigenvalue weighted by molar-refractivity contribution is 7.80. The summed E-state index contributed by atoms with van der Waals surface area (Å²) >= 11 is 5.87. The maximum absolute atomic E-state index is 13.3. The molecule has 1 aliphatic heterocycles. The van der Waals surface area contributed by atoms with Gasteiger partial charge in [-0.05, 0) is 85.9 Å². The second kappa shape index (κ2) is 11.9. The van der Waals surface area contributed by atoms with Crippen LogP contribution >= 0.6 is 12.2 Å². The first-order chi connectivity index (χ1) is 21.2. The minimum atomic E-state index is -0.970. The number of amides is 1. The van der Waals surface area contributed by atoms with Gasteiger partial charge in [-0.15, -0.1) is 0 Å². The van der Waals surface area contributed by atoms with E-state index in [9.17, 15) is 14.7 Å². The fraction of sp³-hybridized carbons (Fsp3) is 0.200. The van der Waals surface area contributed by atoms with Crippen molar-refractivity contribution in [1.82, 2.24) is 19.8 Å². The molecule has 3 heterocycles. The van der Waals surface area contributed by atoms with Crippen LogP contribution in [-0.2, 0) is 4.79 Å². The number of hydrogen-bond acceptors (Lipinski definition) is 4. The lowest BCUT2D eigenvalue weighted by Gasteiger charge is -2.28. The van der Waals surface area contributed by atoms with Gasteiger partial charge >= 0.3 is 5.97 Å². The molecule has 0 aliphatic carbocycles. The predicted octanol–water partition coefficient (Wildman–Crippen LogP) is 6.65. The molecule has 1 amide bonds. The SMILES string of the molecule is Cc1ccc(C(=O)O)cc1-n1c(C)cc([C@H]2[C@@H](c3ccccn3)NC(=S)N2CCC(=O)Nc2cccc3ccccc23)c1C. The smallest absolute Gasteiger partial charge is 0.335 e. The van der Waals surface area contributed by atoms with Crippen LogP contribution in [-0.4, -0.2) is 43.1 Å². The van der Waals surface area contributed by atoms with Crippen molar-refractivity contribution in [3.05, 3.63) is 125 Å². The molecule has 2 atom stereocenters. The van der Waals surface area contributed by atoms with Crippen LogP contribution in [0.2, 0.25) is 0 Å². The molecule has 8 nitrogen and oxygen atoms in total. The fourth-order valence-corrected chi connectivity index (χ4v) is 6.53. The van der Waals surface area contributed by atoms with E-state index in [1.165, 1.54) is 0 Å². The number of thiocarbonyl (C=S) groups is 1. The molecule has 3 aromatic carbocycles. The van der Waals surface area contributed by atoms with E-state index in [0.717, 1.165) is 50.4 Å². The summed E-state index contributed by atoms with van der Waals surface area (Å²) in [5.41, 5.74) is 6.60. The van der Waals surface area contributed by atoms with Gasteiger partial charge in [0.2, 0.25) is 5.91 Å². The Balaban J connectivity index is 1.34. The molecule has 1 fully saturated rings. The first-order valence-electron chi connectivity index (χ1n) is 14.5. The number of aryl methyl sites for hydroxylation is 2. The summed E-state index contributed by atoms with van der Waals surface area (Å²) in [6.45, 7) is 6.43. The maximum Gasteiger partial charge on any atom is 0.335 e. The molecule has 0 unspecified atom stereocenters. The van der Waals surface area contributed by atoms with Crippen molar-refractivity contribution in [3.8, 4) is 5.69 Å². The molecule has 2 aromatic heterocycles. The van der Waals surface area contributed by atoms with Crippen molar-refractivity contribution in [3.63, 3.8) is 0 Å². The third-order valence-electron chi connectivity index (χ3n) is 8.33. The minimum absolute atomic E-state index is 0.101. The van der Waals surface area contributed by atoms with Crippen molar-refractivity contribution in [2.75, 3.05) is 11.9 Å². The summed E-state index contributed by atoms with van der Waals surface area (Å²) in [6.07, 6.45) is 2.00. The largest absolute Gasteiger partial charge is 0.478 e. The number of nitrogens with one attached hydrogen (secondary N) is 2. The zero-order chi connectivity index (χ0) is 31.0. The highest BCUT2D eigenvalue weighted by atomic mass is 32.1. The fourth-order valence-electron chi connectivity index (χ4n) is 6.20. The number of nitrogens with zero attached hydrogens (tertiary/aromatic N) is 3. The van der Waals surface area contributed by atoms with E-state index in [1.807, 2.05) is 87.5 Å². The van der Waals surface area contributed by atoms with Crippen LogP contribution in [0.15, 0.2) is 91.1 Å². The number of carbonyl (C=O) groups excluding carboxylic acids is 1. The number of pyridine rings is 1. The van der Waals surface area contributed by atoms with Gasteiger partial charge in [-0.3, -0.25) is 9.78 Å². The first kappa shape index (κ1) is 29.1. The molecule has 0 spiro atoms. The van der Waals surface area contributed by atoms with E-state index >= 15 is 0 Å². The van der Waals surface area contributed by atoms with Crippen LogP contribution in [0.25, 0.3) is 16.5 Å². The van der Waals surface area contributed by atoms with Crippen LogP contribution in [0.4, 0.5) is 5.69 Å². The molecule has 3 N–H and O–H groups in total. The van der Waals surface area contributed by atoms with Gasteiger partial charge in [-0.2, -0.15) is 0 Å². The molecule has 222 valence electrons. The van der Waals surface area contributed by atoms with Crippen LogP contribution in [0, 0.1) is 20.8 Å². The second-order valence-corrected chi connectivity index (χ2v) is 11.5. The van der Waals surface area contributed by atoms with E-state index < -0.39 is 5.97 Å². The van der Waals surface area contributed by atoms with Crippen molar-refractivity contribution in [2.24, 2.45) is 0 Å². The average Bonchev–Trinajstić information content (AvgIpc) is 3.50. The number of hydrogen-bond donors (Lipinski definition) is 3. The van der Waals surface area contributed by atoms with Crippen LogP contribution in [0.5, 0.6) is 0 Å². The van der Waals surface area contributed by atoms with E-state index in [4.69, 9.17) is 12.2 Å². The number of anilines is 1. The Labute approximate surface area is 261 Å². The maximum atomic E-state index is 13.3. The highest BCUT2D eigenvalue weighted by Gasteiger charge is 2.41. The number of carboxylic acids is 1. The van der Waals surface area contributed by atoms with Gasteiger partial charge in [0.05, 0.1) is 23.3 Å². The number of rotatable bonds is 8. The molecule has 0 bridgehead atoms. The van der Waals surface area contributed by atoms with Crippen LogP contribution in [0.3, 0.4) is 0 Å². The standard InChI is InChI=1S/C35H33N5O3S/c1-21-14-15-25(34(42)43)20-30(21)40-22(2)19-27(23(40)3)33-32(29-12-6-7-17-36-29)38-35(44)39(33)18-16-31(41)37-28-13-8-10-24-9-4-5-11-26(24)28/h4-15,17,19-20,32-33H,16,18H2,1-3H3,(H,37,41)(H,38,44)(H,42,43)/t32-,33+/m1/s1. The molecule has 1 saturated heterocycles. The molecule has 9 heteroatoms. The van der Waals surface area contributed by atoms with Crippen molar-refractivity contribution in [2.45, 2.75) is 39.3 Å². The molecule has 5 aromatic rings. The van der Waals surface area contributed by atoms with E-state index in [2.05, 4.69) is 31.2 Å². The molecule has 1 aliphatic rings. The lowest BCUT2D eigenvalue weighted by atomic mass is 9.96. The molecule has 44 heavy (non-hydrogen) atoms. The van der Waals surface area contributed by atoms with Crippen molar-refractivity contribution < 1.29 is 14.7 Å². The number of carboxylic acid groups (broad SMARTS) is 1. The van der Waals surface area contributed by atoms with Gasteiger partial charge in [0.15, 0.2) is 5.11 Å². The third kappa shape index (κ3) is 5.42. The van der Waals surface area contributed by atoms with Gasteiger partial charge in [0.1, 0.15) is 0 Å². The summed E-state index contributed by atoms with van der Waals surface area (Å²) in [7, 11) is 0. The highest BCUT2D eigenvalue weighted by Crippen LogP contribution is 2.41. The quantitative estimate of drug-likeness (QED) is 0.171. The summed E-state index contributed by atoms with van der Waals surface area (Å²) in [6, 6.07) is 26.5. The molecule has 6 rings (SSSR count). The lowest BCUT2D eigenvalue weighted by Crippen LogP contribution is -2.33. The second-order valence-electron chi connectivity index (χ2n) is 11.1. The first-order valence-corrected chi connectivity index (χ1v) is 14.9. The van der Waals surface area contributed by atoms with Crippen LogP contribution in [0.1, 0.15) is 57.1 Å². The van der Waals surface area contributed by atoms with E-state index in [1.54, 1.807) is 18.3 Å². The summed E-state index contributed by atoms with van der Waals surface area (Å²) in [4.78, 5) is 31.8. The zero-order valence-electron chi connectivity index (χ0n) is 24.7. The lowest BCUT2D eigenvalue weighted by molar-refractivity contribution is -0.116. The van der Waals surface area contributed by atoms with Gasteiger partial charge in [-0.25, -0.2) is 4.79 Å². The Hall–Kier alpha value is -5.02. The Morgan fingerprint density at radius 2 is 1.75 bits per heavy atom. The molecule has 0 radical (unpaired) electrons. The number of benzene rings is 3. The number of aromatic nitrogens is 2. The van der Waals surface area contributed by atoms with E-state index in [0.29, 0.717) is 11.7 Å². The van der Waals surface area contributed by atoms with Gasteiger partial charge < -0.3 is 25.2 Å². The normalized spacial score (nSPS) is 16.2. The van der Waals surface area contributed by atoms with Crippen LogP contribution < -0.4 is 10.6 Å². The Kier molecular flexibility index (Phi) is 7.88. The summed E-state index contributed by atoms with van der Waals surface area (Å²) in [5.74, 6) is -1.07. The van der Waals surface area contributed by atoms with Crippen molar-refractivity contribution >= 4 is 45.7 Å². The number of carbonyl (C=O) groups is 2. The number of fused-ring (bicyclic) bond motifs is 1. The summed E-state index contributed by atoms with van der Waals surface area (Å²) < 4.78 is 2.10. The number of aromatic carboxylic acids is 1.